The Bertz CT molecular complexity index is 685. The predicted octanol–water partition coefficient (Wildman–Crippen LogP) is 1.44. The Hall–Kier alpha value is -1.89. The van der Waals surface area contributed by atoms with E-state index in [0.717, 1.165) is 44.5 Å². The van der Waals surface area contributed by atoms with Gasteiger partial charge in [-0.3, -0.25) is 14.3 Å². The van der Waals surface area contributed by atoms with Gasteiger partial charge >= 0.3 is 0 Å². The van der Waals surface area contributed by atoms with Crippen LogP contribution in [0, 0.1) is 5.92 Å². The number of hydrogen-bond donors (Lipinski definition) is 2. The molecule has 3 heterocycles. The number of aryl methyl sites for hydroxylation is 1. The van der Waals surface area contributed by atoms with Gasteiger partial charge in [-0.15, -0.1) is 0 Å². The second kappa shape index (κ2) is 8.00. The Morgan fingerprint density at radius 2 is 2.07 bits per heavy atom. The second-order valence-corrected chi connectivity index (χ2v) is 8.94. The Morgan fingerprint density at radius 1 is 1.30 bits per heavy atom. The van der Waals surface area contributed by atoms with Gasteiger partial charge in [0.2, 0.25) is 5.91 Å². The molecular weight excluding hydrogens is 342 g/mol. The molecule has 2 atom stereocenters. The minimum Gasteiger partial charge on any atom is -0.354 e. The second-order valence-electron chi connectivity index (χ2n) is 8.94. The van der Waals surface area contributed by atoms with Crippen LogP contribution in [0.25, 0.3) is 0 Å². The quantitative estimate of drug-likeness (QED) is 0.835. The number of aromatic nitrogens is 2. The summed E-state index contributed by atoms with van der Waals surface area (Å²) in [7, 11) is 1.83. The molecule has 0 spiro atoms. The van der Waals surface area contributed by atoms with Crippen molar-refractivity contribution in [2.75, 3.05) is 26.2 Å². The molecule has 2 N–H and O–H groups in total. The van der Waals surface area contributed by atoms with Crippen LogP contribution in [0.2, 0.25) is 0 Å². The van der Waals surface area contributed by atoms with E-state index < -0.39 is 0 Å². The van der Waals surface area contributed by atoms with E-state index in [1.54, 1.807) is 4.68 Å². The van der Waals surface area contributed by atoms with Crippen molar-refractivity contribution in [2.45, 2.75) is 57.9 Å². The molecule has 27 heavy (non-hydrogen) atoms. The van der Waals surface area contributed by atoms with E-state index in [0.29, 0.717) is 24.7 Å². The van der Waals surface area contributed by atoms with E-state index in [9.17, 15) is 9.59 Å². The normalized spacial score (nSPS) is 23.5. The number of hydrogen-bond acceptors (Lipinski definition) is 4. The molecule has 2 aliphatic heterocycles. The minimum atomic E-state index is -0.0840. The molecule has 1 aromatic rings. The van der Waals surface area contributed by atoms with Gasteiger partial charge in [-0.05, 0) is 44.2 Å². The van der Waals surface area contributed by atoms with Crippen molar-refractivity contribution in [3.05, 3.63) is 17.5 Å². The molecule has 2 fully saturated rings. The summed E-state index contributed by atoms with van der Waals surface area (Å²) in [5.74, 6) is 0.440. The Labute approximate surface area is 161 Å². The van der Waals surface area contributed by atoms with Crippen LogP contribution < -0.4 is 10.6 Å². The van der Waals surface area contributed by atoms with Gasteiger partial charge in [0.1, 0.15) is 5.69 Å². The SMILES string of the molecule is Cn1nc(C(C)(C)C)cc1C(=O)N1CCCC(CNC(=O)C2CCCN2)C1. The molecule has 2 unspecified atom stereocenters. The van der Waals surface area contributed by atoms with Crippen LogP contribution in [0.3, 0.4) is 0 Å². The highest BCUT2D eigenvalue weighted by molar-refractivity contribution is 5.92. The molecule has 7 nitrogen and oxygen atoms in total. The molecule has 2 aliphatic rings. The average molecular weight is 376 g/mol. The van der Waals surface area contributed by atoms with Crippen molar-refractivity contribution in [1.29, 1.82) is 0 Å². The molecule has 0 saturated carbocycles. The highest BCUT2D eigenvalue weighted by Gasteiger charge is 2.29. The van der Waals surface area contributed by atoms with Crippen molar-refractivity contribution in [3.8, 4) is 0 Å². The molecule has 0 aromatic carbocycles. The first-order valence-corrected chi connectivity index (χ1v) is 10.1. The summed E-state index contributed by atoms with van der Waals surface area (Å²) in [6.07, 6.45) is 3.99. The lowest BCUT2D eigenvalue weighted by Gasteiger charge is -2.33. The number of rotatable bonds is 4. The van der Waals surface area contributed by atoms with Gasteiger partial charge in [0.25, 0.3) is 5.91 Å². The Morgan fingerprint density at radius 3 is 2.70 bits per heavy atom. The van der Waals surface area contributed by atoms with Crippen molar-refractivity contribution in [3.63, 3.8) is 0 Å². The average Bonchev–Trinajstić information content (AvgIpc) is 3.28. The number of nitrogens with one attached hydrogen (secondary N) is 2. The van der Waals surface area contributed by atoms with Crippen LogP contribution in [0.15, 0.2) is 6.07 Å². The van der Waals surface area contributed by atoms with E-state index >= 15 is 0 Å². The lowest BCUT2D eigenvalue weighted by atomic mass is 9.92. The molecular formula is C20H33N5O2. The number of nitrogens with zero attached hydrogens (tertiary/aromatic N) is 3. The molecule has 0 bridgehead atoms. The van der Waals surface area contributed by atoms with Crippen LogP contribution >= 0.6 is 0 Å². The molecule has 7 heteroatoms. The predicted molar refractivity (Wildman–Crippen MR) is 105 cm³/mol. The zero-order chi connectivity index (χ0) is 19.6. The summed E-state index contributed by atoms with van der Waals surface area (Å²) in [5.41, 5.74) is 1.48. The van der Waals surface area contributed by atoms with E-state index in [1.165, 1.54) is 0 Å². The lowest BCUT2D eigenvalue weighted by molar-refractivity contribution is -0.123. The molecule has 1 aromatic heterocycles. The van der Waals surface area contributed by atoms with Gasteiger partial charge in [0, 0.05) is 32.1 Å². The third-order valence-corrected chi connectivity index (χ3v) is 5.62. The fourth-order valence-electron chi connectivity index (χ4n) is 3.89. The summed E-state index contributed by atoms with van der Waals surface area (Å²) >= 11 is 0. The molecule has 2 amide bonds. The van der Waals surface area contributed by atoms with Crippen LogP contribution in [0.4, 0.5) is 0 Å². The number of amides is 2. The minimum absolute atomic E-state index is 0.0361. The maximum atomic E-state index is 13.0. The molecule has 150 valence electrons. The first kappa shape index (κ1) is 19.9. The van der Waals surface area contributed by atoms with Crippen LogP contribution in [0.5, 0.6) is 0 Å². The highest BCUT2D eigenvalue weighted by atomic mass is 16.2. The third-order valence-electron chi connectivity index (χ3n) is 5.62. The molecule has 2 saturated heterocycles. The van der Waals surface area contributed by atoms with E-state index in [-0.39, 0.29) is 23.3 Å². The summed E-state index contributed by atoms with van der Waals surface area (Å²) < 4.78 is 1.69. The van der Waals surface area contributed by atoms with Crippen molar-refractivity contribution in [1.82, 2.24) is 25.3 Å². The Balaban J connectivity index is 1.58. The van der Waals surface area contributed by atoms with Gasteiger partial charge in [-0.2, -0.15) is 5.10 Å². The zero-order valence-electron chi connectivity index (χ0n) is 17.0. The summed E-state index contributed by atoms with van der Waals surface area (Å²) in [4.78, 5) is 27.1. The van der Waals surface area contributed by atoms with Crippen LogP contribution in [-0.4, -0.2) is 58.7 Å². The van der Waals surface area contributed by atoms with Gasteiger partial charge in [0.15, 0.2) is 0 Å². The monoisotopic (exact) mass is 375 g/mol. The largest absolute Gasteiger partial charge is 0.354 e. The number of carbonyl (C=O) groups excluding carboxylic acids is 2. The summed E-state index contributed by atoms with van der Waals surface area (Å²) in [6, 6.07) is 1.87. The van der Waals surface area contributed by atoms with Crippen LogP contribution in [0.1, 0.15) is 62.6 Å². The highest BCUT2D eigenvalue weighted by Crippen LogP contribution is 2.23. The van der Waals surface area contributed by atoms with Gasteiger partial charge in [-0.25, -0.2) is 0 Å². The van der Waals surface area contributed by atoms with Gasteiger partial charge in [-0.1, -0.05) is 20.8 Å². The van der Waals surface area contributed by atoms with Crippen molar-refractivity contribution < 1.29 is 9.59 Å². The zero-order valence-corrected chi connectivity index (χ0v) is 17.0. The first-order valence-electron chi connectivity index (χ1n) is 10.1. The van der Waals surface area contributed by atoms with E-state index in [4.69, 9.17) is 0 Å². The summed E-state index contributed by atoms with van der Waals surface area (Å²) in [5, 5.41) is 10.8. The molecule has 0 aliphatic carbocycles. The van der Waals surface area contributed by atoms with Crippen LogP contribution in [-0.2, 0) is 17.3 Å². The maximum Gasteiger partial charge on any atom is 0.272 e. The number of carbonyl (C=O) groups is 2. The lowest BCUT2D eigenvalue weighted by Crippen LogP contribution is -2.47. The Kier molecular flexibility index (Phi) is 5.89. The first-order chi connectivity index (χ1) is 12.8. The van der Waals surface area contributed by atoms with Gasteiger partial charge < -0.3 is 15.5 Å². The summed E-state index contributed by atoms with van der Waals surface area (Å²) in [6.45, 7) is 9.31. The smallest absolute Gasteiger partial charge is 0.272 e. The molecule has 0 radical (unpaired) electrons. The van der Waals surface area contributed by atoms with Crippen molar-refractivity contribution in [2.24, 2.45) is 13.0 Å². The van der Waals surface area contributed by atoms with E-state index in [2.05, 4.69) is 36.5 Å². The number of piperidine rings is 1. The standard InChI is InChI=1S/C20H33N5O2/c1-20(2,3)17-11-16(24(4)23-17)19(27)25-10-6-7-14(13-25)12-22-18(26)15-8-5-9-21-15/h11,14-15,21H,5-10,12-13H2,1-4H3,(H,22,26). The van der Waals surface area contributed by atoms with Gasteiger partial charge in [0.05, 0.1) is 11.7 Å². The topological polar surface area (TPSA) is 79.3 Å². The fourth-order valence-corrected chi connectivity index (χ4v) is 3.89. The maximum absolute atomic E-state index is 13.0. The third kappa shape index (κ3) is 4.69. The molecule has 3 rings (SSSR count). The van der Waals surface area contributed by atoms with Crippen molar-refractivity contribution >= 4 is 11.8 Å². The number of likely N-dealkylation sites (tertiary alicyclic amines) is 1. The van der Waals surface area contributed by atoms with E-state index in [1.807, 2.05) is 18.0 Å². The fraction of sp³-hybridized carbons (Fsp3) is 0.750.